The molecule has 0 aromatic carbocycles. The maximum absolute atomic E-state index is 11.1. The molecule has 8 heteroatoms. The van der Waals surface area contributed by atoms with Crippen molar-refractivity contribution in [2.24, 2.45) is 0 Å². The Morgan fingerprint density at radius 3 is 2.37 bits per heavy atom. The first-order valence-electron chi connectivity index (χ1n) is 5.99. The smallest absolute Gasteiger partial charge is 0.333 e. The number of aryl methyl sites for hydroxylation is 1. The van der Waals surface area contributed by atoms with Gasteiger partial charge in [-0.15, -0.1) is 0 Å². The van der Waals surface area contributed by atoms with E-state index >= 15 is 0 Å². The first-order valence-corrected chi connectivity index (χ1v) is 5.99. The second-order valence-corrected chi connectivity index (χ2v) is 5.08. The zero-order valence-corrected chi connectivity index (χ0v) is 11.5. The lowest BCUT2D eigenvalue weighted by Crippen LogP contribution is -2.43. The highest BCUT2D eigenvalue weighted by atomic mass is 16.6. The van der Waals surface area contributed by atoms with Crippen molar-refractivity contribution in [3.8, 4) is 0 Å². The Hall–Kier alpha value is -1.67. The van der Waals surface area contributed by atoms with Crippen molar-refractivity contribution >= 4 is 11.5 Å². The molecule has 0 unspecified atom stereocenters. The number of rotatable bonds is 6. The molecule has 0 atom stereocenters. The van der Waals surface area contributed by atoms with E-state index in [9.17, 15) is 20.3 Å². The summed E-state index contributed by atoms with van der Waals surface area (Å²) in [5, 5.41) is 36.7. The molecule has 0 aliphatic carbocycles. The Balaban J connectivity index is 3.34. The second kappa shape index (κ2) is 5.54. The molecule has 0 saturated heterocycles. The van der Waals surface area contributed by atoms with Gasteiger partial charge >= 0.3 is 5.69 Å². The number of nitrogens with one attached hydrogen (secondary N) is 1. The van der Waals surface area contributed by atoms with Gasteiger partial charge in [0.2, 0.25) is 5.82 Å². The lowest BCUT2D eigenvalue weighted by Gasteiger charge is -2.27. The molecule has 1 heterocycles. The van der Waals surface area contributed by atoms with Crippen LogP contribution in [0, 0.1) is 17.0 Å². The molecule has 0 fully saturated rings. The van der Waals surface area contributed by atoms with E-state index in [0.717, 1.165) is 0 Å². The maximum Gasteiger partial charge on any atom is 0.333 e. The maximum atomic E-state index is 11.1. The third kappa shape index (κ3) is 3.02. The minimum Gasteiger partial charge on any atom is -0.394 e. The van der Waals surface area contributed by atoms with Gasteiger partial charge in [-0.2, -0.15) is 5.10 Å². The van der Waals surface area contributed by atoms with Crippen molar-refractivity contribution < 1.29 is 15.1 Å². The molecule has 0 bridgehead atoms. The average molecular weight is 272 g/mol. The number of nitro groups is 1. The molecular formula is C11H20N4O4. The van der Waals surface area contributed by atoms with Crippen molar-refractivity contribution in [2.45, 2.75) is 39.3 Å². The molecule has 3 N–H and O–H groups in total. The highest BCUT2D eigenvalue weighted by Gasteiger charge is 2.32. The van der Waals surface area contributed by atoms with Gasteiger partial charge in [0.25, 0.3) is 0 Å². The topological polar surface area (TPSA) is 113 Å². The van der Waals surface area contributed by atoms with Gasteiger partial charge in [-0.3, -0.25) is 10.1 Å². The molecule has 0 radical (unpaired) electrons. The number of aromatic nitrogens is 2. The van der Waals surface area contributed by atoms with Crippen molar-refractivity contribution in [3.63, 3.8) is 0 Å². The summed E-state index contributed by atoms with van der Waals surface area (Å²) in [6, 6.07) is -0.0865. The van der Waals surface area contributed by atoms with E-state index in [1.165, 1.54) is 4.68 Å². The minimum absolute atomic E-state index is 0.0865. The van der Waals surface area contributed by atoms with Crippen LogP contribution in [-0.2, 0) is 0 Å². The lowest BCUT2D eigenvalue weighted by molar-refractivity contribution is -0.384. The number of nitrogens with zero attached hydrogens (tertiary/aromatic N) is 3. The molecule has 0 aliphatic heterocycles. The van der Waals surface area contributed by atoms with Crippen LogP contribution in [0.3, 0.4) is 0 Å². The van der Waals surface area contributed by atoms with Gasteiger partial charge in [0.15, 0.2) is 0 Å². The monoisotopic (exact) mass is 272 g/mol. The fourth-order valence-electron chi connectivity index (χ4n) is 1.66. The molecule has 1 aromatic rings. The fourth-order valence-corrected chi connectivity index (χ4v) is 1.66. The van der Waals surface area contributed by atoms with Crippen LogP contribution in [0.15, 0.2) is 0 Å². The van der Waals surface area contributed by atoms with E-state index in [2.05, 4.69) is 10.4 Å². The Kier molecular flexibility index (Phi) is 4.48. The summed E-state index contributed by atoms with van der Waals surface area (Å²) in [7, 11) is 0. The summed E-state index contributed by atoms with van der Waals surface area (Å²) in [5.41, 5.74) is -0.898. The third-order valence-corrected chi connectivity index (χ3v) is 2.84. The highest BCUT2D eigenvalue weighted by molar-refractivity contribution is 5.61. The van der Waals surface area contributed by atoms with Gasteiger partial charge in [-0.05, 0) is 27.7 Å². The molecule has 1 rings (SSSR count). The van der Waals surface area contributed by atoms with Crippen LogP contribution >= 0.6 is 0 Å². The van der Waals surface area contributed by atoms with Gasteiger partial charge in [-0.25, -0.2) is 4.68 Å². The Labute approximate surface area is 111 Å². The van der Waals surface area contributed by atoms with E-state index in [-0.39, 0.29) is 30.8 Å². The molecule has 0 spiro atoms. The molecule has 0 aliphatic rings. The van der Waals surface area contributed by atoms with E-state index in [1.807, 2.05) is 13.8 Å². The largest absolute Gasteiger partial charge is 0.394 e. The quantitative estimate of drug-likeness (QED) is 0.522. The predicted molar refractivity (Wildman–Crippen MR) is 70.2 cm³/mol. The molecule has 8 nitrogen and oxygen atoms in total. The van der Waals surface area contributed by atoms with Gasteiger partial charge in [0.1, 0.15) is 5.69 Å². The number of anilines is 1. The van der Waals surface area contributed by atoms with Crippen LogP contribution in [0.4, 0.5) is 11.5 Å². The normalized spacial score (nSPS) is 11.9. The van der Waals surface area contributed by atoms with Gasteiger partial charge in [0.05, 0.1) is 23.7 Å². The summed E-state index contributed by atoms with van der Waals surface area (Å²) in [6.07, 6.45) is 0. The van der Waals surface area contributed by atoms with E-state index in [1.54, 1.807) is 13.8 Å². The molecule has 108 valence electrons. The van der Waals surface area contributed by atoms with Crippen molar-refractivity contribution in [1.82, 2.24) is 9.78 Å². The standard InChI is InChI=1S/C11H20N4O4/c1-7(2)14-10(12-11(4,5-16)6-17)9(15(18)19)8(3)13-14/h7,12,16-17H,5-6H2,1-4H3. The van der Waals surface area contributed by atoms with Gasteiger partial charge in [0, 0.05) is 6.04 Å². The van der Waals surface area contributed by atoms with Crippen LogP contribution in [0.2, 0.25) is 0 Å². The van der Waals surface area contributed by atoms with Crippen LogP contribution in [0.5, 0.6) is 0 Å². The number of aliphatic hydroxyl groups excluding tert-OH is 2. The van der Waals surface area contributed by atoms with E-state index in [0.29, 0.717) is 5.69 Å². The average Bonchev–Trinajstić information content (AvgIpc) is 2.66. The SMILES string of the molecule is Cc1nn(C(C)C)c(NC(C)(CO)CO)c1[N+](=O)[O-]. The fraction of sp³-hybridized carbons (Fsp3) is 0.727. The zero-order valence-electron chi connectivity index (χ0n) is 11.5. The third-order valence-electron chi connectivity index (χ3n) is 2.84. The summed E-state index contributed by atoms with van der Waals surface area (Å²) in [5.74, 6) is 0.197. The minimum atomic E-state index is -1.05. The molecule has 19 heavy (non-hydrogen) atoms. The van der Waals surface area contributed by atoms with Crippen LogP contribution in [-0.4, -0.2) is 43.7 Å². The van der Waals surface area contributed by atoms with Crippen molar-refractivity contribution in [1.29, 1.82) is 0 Å². The summed E-state index contributed by atoms with van der Waals surface area (Å²) >= 11 is 0. The van der Waals surface area contributed by atoms with Crippen molar-refractivity contribution in [2.75, 3.05) is 18.5 Å². The van der Waals surface area contributed by atoms with Crippen LogP contribution in [0.25, 0.3) is 0 Å². The molecule has 1 aromatic heterocycles. The van der Waals surface area contributed by atoms with E-state index < -0.39 is 10.5 Å². The summed E-state index contributed by atoms with van der Waals surface area (Å²) in [4.78, 5) is 10.6. The Morgan fingerprint density at radius 1 is 1.47 bits per heavy atom. The molecular weight excluding hydrogens is 252 g/mol. The number of hydrogen-bond acceptors (Lipinski definition) is 6. The second-order valence-electron chi connectivity index (χ2n) is 5.08. The Morgan fingerprint density at radius 2 is 2.00 bits per heavy atom. The molecule has 0 amide bonds. The Bertz CT molecular complexity index is 466. The predicted octanol–water partition coefficient (Wildman–Crippen LogP) is 0.836. The summed E-state index contributed by atoms with van der Waals surface area (Å²) in [6.45, 7) is 6.10. The highest BCUT2D eigenvalue weighted by Crippen LogP contribution is 2.32. The summed E-state index contributed by atoms with van der Waals surface area (Å²) < 4.78 is 1.48. The molecule has 0 saturated carbocycles. The number of hydrogen-bond donors (Lipinski definition) is 3. The van der Waals surface area contributed by atoms with E-state index in [4.69, 9.17) is 0 Å². The van der Waals surface area contributed by atoms with Crippen LogP contribution in [0.1, 0.15) is 32.5 Å². The van der Waals surface area contributed by atoms with Gasteiger partial charge < -0.3 is 15.5 Å². The first-order chi connectivity index (χ1) is 8.75. The van der Waals surface area contributed by atoms with Crippen molar-refractivity contribution in [3.05, 3.63) is 15.8 Å². The first kappa shape index (κ1) is 15.4. The number of aliphatic hydroxyl groups is 2. The van der Waals surface area contributed by atoms with Crippen LogP contribution < -0.4 is 5.32 Å². The zero-order chi connectivity index (χ0) is 14.8. The van der Waals surface area contributed by atoms with Gasteiger partial charge in [-0.1, -0.05) is 0 Å². The lowest BCUT2D eigenvalue weighted by atomic mass is 10.1.